The van der Waals surface area contributed by atoms with Crippen LogP contribution in [0.4, 0.5) is 0 Å². The third-order valence-electron chi connectivity index (χ3n) is 3.51. The van der Waals surface area contributed by atoms with Crippen LogP contribution >= 0.6 is 0 Å². The average molecular weight is 242 g/mol. The minimum Gasteiger partial charge on any atom is -0.330 e. The van der Waals surface area contributed by atoms with Gasteiger partial charge in [-0.25, -0.2) is 0 Å². The molecule has 2 N–H and O–H groups in total. The van der Waals surface area contributed by atoms with Crippen molar-refractivity contribution in [2.24, 2.45) is 5.73 Å². The lowest BCUT2D eigenvalue weighted by Gasteiger charge is -2.14. The number of hydrogen-bond acceptors (Lipinski definition) is 3. The van der Waals surface area contributed by atoms with Gasteiger partial charge >= 0.3 is 0 Å². The van der Waals surface area contributed by atoms with Crippen molar-refractivity contribution in [2.75, 3.05) is 6.54 Å². The number of fused-ring (bicyclic) bond motifs is 1. The summed E-state index contributed by atoms with van der Waals surface area (Å²) in [6.07, 6.45) is 8.13. The van der Waals surface area contributed by atoms with E-state index >= 15 is 0 Å². The summed E-state index contributed by atoms with van der Waals surface area (Å²) < 4.78 is 2.17. The minimum absolute atomic E-state index is 0.647. The highest BCUT2D eigenvalue weighted by molar-refractivity contribution is 5.68. The number of hydrogen-bond donors (Lipinski definition) is 1. The first kappa shape index (κ1) is 11.4. The number of aryl methyl sites for hydroxylation is 1. The molecule has 0 amide bonds. The largest absolute Gasteiger partial charge is 0.330 e. The van der Waals surface area contributed by atoms with Gasteiger partial charge in [0.15, 0.2) is 0 Å². The molecule has 18 heavy (non-hydrogen) atoms. The number of nitrogens with two attached hydrogens (primary N) is 1. The Bertz CT molecular complexity index is 530. The van der Waals surface area contributed by atoms with Gasteiger partial charge in [-0.15, -0.1) is 0 Å². The van der Waals surface area contributed by atoms with Gasteiger partial charge in [-0.05, 0) is 43.5 Å². The summed E-state index contributed by atoms with van der Waals surface area (Å²) in [5.74, 6) is 0. The minimum atomic E-state index is 0.647. The molecule has 0 aromatic carbocycles. The molecule has 3 heterocycles. The van der Waals surface area contributed by atoms with Gasteiger partial charge in [0.05, 0.1) is 5.69 Å². The lowest BCUT2D eigenvalue weighted by Crippen LogP contribution is -2.11. The van der Waals surface area contributed by atoms with Crippen molar-refractivity contribution in [1.29, 1.82) is 0 Å². The van der Waals surface area contributed by atoms with Crippen LogP contribution < -0.4 is 5.73 Å². The molecule has 0 saturated heterocycles. The fourth-order valence-corrected chi connectivity index (χ4v) is 2.71. The van der Waals surface area contributed by atoms with E-state index in [4.69, 9.17) is 10.8 Å². The molecule has 3 rings (SSSR count). The van der Waals surface area contributed by atoms with E-state index < -0.39 is 0 Å². The van der Waals surface area contributed by atoms with E-state index in [9.17, 15) is 0 Å². The third-order valence-corrected chi connectivity index (χ3v) is 3.51. The van der Waals surface area contributed by atoms with Gasteiger partial charge in [-0.3, -0.25) is 9.67 Å². The smallest absolute Gasteiger partial charge is 0.0718 e. The van der Waals surface area contributed by atoms with Crippen LogP contribution in [-0.4, -0.2) is 21.3 Å². The number of pyridine rings is 1. The van der Waals surface area contributed by atoms with Crippen LogP contribution in [0.25, 0.3) is 11.1 Å². The Labute approximate surface area is 107 Å². The van der Waals surface area contributed by atoms with Crippen molar-refractivity contribution in [3.8, 4) is 11.1 Å². The standard InChI is InChI=1S/C14H18N4/c15-7-4-12-14(11-5-8-16-9-6-11)13-3-1-2-10-18(13)17-12/h5-6,8-9H,1-4,7,10,15H2. The van der Waals surface area contributed by atoms with Crippen LogP contribution in [0.5, 0.6) is 0 Å². The molecular weight excluding hydrogens is 224 g/mol. The van der Waals surface area contributed by atoms with Gasteiger partial charge in [0.2, 0.25) is 0 Å². The molecular formula is C14H18N4. The Kier molecular flexibility index (Phi) is 3.11. The molecule has 2 aromatic heterocycles. The van der Waals surface area contributed by atoms with E-state index in [1.165, 1.54) is 29.7 Å². The SMILES string of the molecule is NCCc1nn2c(c1-c1ccncc1)CCCC2. The van der Waals surface area contributed by atoms with Crippen LogP contribution in [0.3, 0.4) is 0 Å². The number of aromatic nitrogens is 3. The molecule has 0 aliphatic carbocycles. The first-order valence-corrected chi connectivity index (χ1v) is 6.59. The summed E-state index contributed by atoms with van der Waals surface area (Å²) in [6.45, 7) is 1.69. The van der Waals surface area contributed by atoms with Crippen molar-refractivity contribution < 1.29 is 0 Å². The molecule has 4 heteroatoms. The second kappa shape index (κ2) is 4.90. The van der Waals surface area contributed by atoms with Gasteiger partial charge in [0, 0.05) is 36.6 Å². The predicted molar refractivity (Wildman–Crippen MR) is 71.2 cm³/mol. The third kappa shape index (κ3) is 1.93. The molecule has 1 aliphatic rings. The summed E-state index contributed by atoms with van der Waals surface area (Å²) in [6, 6.07) is 4.12. The fourth-order valence-electron chi connectivity index (χ4n) is 2.71. The van der Waals surface area contributed by atoms with Gasteiger partial charge in [0.25, 0.3) is 0 Å². The van der Waals surface area contributed by atoms with E-state index in [0.29, 0.717) is 6.54 Å². The molecule has 0 saturated carbocycles. The fraction of sp³-hybridized carbons (Fsp3) is 0.429. The van der Waals surface area contributed by atoms with Gasteiger partial charge in [0.1, 0.15) is 0 Å². The molecule has 0 spiro atoms. The zero-order valence-corrected chi connectivity index (χ0v) is 10.5. The molecule has 0 unspecified atom stereocenters. The zero-order valence-electron chi connectivity index (χ0n) is 10.5. The summed E-state index contributed by atoms with van der Waals surface area (Å²) in [4.78, 5) is 4.09. The molecule has 94 valence electrons. The maximum absolute atomic E-state index is 5.70. The van der Waals surface area contributed by atoms with E-state index in [0.717, 1.165) is 25.1 Å². The Balaban J connectivity index is 2.13. The van der Waals surface area contributed by atoms with Crippen LogP contribution in [0.1, 0.15) is 24.2 Å². The molecule has 1 aliphatic heterocycles. The average Bonchev–Trinajstić information content (AvgIpc) is 2.78. The van der Waals surface area contributed by atoms with Gasteiger partial charge in [-0.2, -0.15) is 5.10 Å². The maximum Gasteiger partial charge on any atom is 0.0718 e. The molecule has 0 fully saturated rings. The highest BCUT2D eigenvalue weighted by atomic mass is 15.3. The lowest BCUT2D eigenvalue weighted by molar-refractivity contribution is 0.484. The maximum atomic E-state index is 5.70. The Morgan fingerprint density at radius 1 is 1.22 bits per heavy atom. The predicted octanol–water partition coefficient (Wildman–Crippen LogP) is 1.78. The van der Waals surface area contributed by atoms with Crippen LogP contribution in [0, 0.1) is 0 Å². The number of nitrogens with zero attached hydrogens (tertiary/aromatic N) is 3. The summed E-state index contributed by atoms with van der Waals surface area (Å²) >= 11 is 0. The van der Waals surface area contributed by atoms with Crippen molar-refractivity contribution in [1.82, 2.24) is 14.8 Å². The molecule has 0 radical (unpaired) electrons. The Morgan fingerprint density at radius 2 is 2.06 bits per heavy atom. The van der Waals surface area contributed by atoms with E-state index in [-0.39, 0.29) is 0 Å². The topological polar surface area (TPSA) is 56.7 Å². The van der Waals surface area contributed by atoms with Crippen molar-refractivity contribution in [2.45, 2.75) is 32.2 Å². The highest BCUT2D eigenvalue weighted by Crippen LogP contribution is 2.31. The van der Waals surface area contributed by atoms with Gasteiger partial charge in [-0.1, -0.05) is 0 Å². The Hall–Kier alpha value is -1.68. The first-order valence-electron chi connectivity index (χ1n) is 6.59. The van der Waals surface area contributed by atoms with Gasteiger partial charge < -0.3 is 5.73 Å². The molecule has 0 bridgehead atoms. The van der Waals surface area contributed by atoms with Crippen LogP contribution in [-0.2, 0) is 19.4 Å². The van der Waals surface area contributed by atoms with Crippen LogP contribution in [0.15, 0.2) is 24.5 Å². The van der Waals surface area contributed by atoms with Crippen LogP contribution in [0.2, 0.25) is 0 Å². The summed E-state index contributed by atoms with van der Waals surface area (Å²) in [7, 11) is 0. The molecule has 0 atom stereocenters. The second-order valence-electron chi connectivity index (χ2n) is 4.72. The van der Waals surface area contributed by atoms with E-state index in [1.807, 2.05) is 12.4 Å². The molecule has 4 nitrogen and oxygen atoms in total. The Morgan fingerprint density at radius 3 is 2.83 bits per heavy atom. The highest BCUT2D eigenvalue weighted by Gasteiger charge is 2.20. The van der Waals surface area contributed by atoms with Crippen molar-refractivity contribution in [3.63, 3.8) is 0 Å². The number of rotatable bonds is 3. The van der Waals surface area contributed by atoms with E-state index in [1.54, 1.807) is 0 Å². The second-order valence-corrected chi connectivity index (χ2v) is 4.72. The lowest BCUT2D eigenvalue weighted by atomic mass is 9.98. The monoisotopic (exact) mass is 242 g/mol. The van der Waals surface area contributed by atoms with Crippen molar-refractivity contribution >= 4 is 0 Å². The van der Waals surface area contributed by atoms with E-state index in [2.05, 4.69) is 21.8 Å². The normalized spacial score (nSPS) is 14.5. The quantitative estimate of drug-likeness (QED) is 0.892. The molecule has 2 aromatic rings. The first-order chi connectivity index (χ1) is 8.90. The van der Waals surface area contributed by atoms with Crippen molar-refractivity contribution in [3.05, 3.63) is 35.9 Å². The summed E-state index contributed by atoms with van der Waals surface area (Å²) in [5.41, 5.74) is 10.7. The summed E-state index contributed by atoms with van der Waals surface area (Å²) in [5, 5.41) is 4.73. The zero-order chi connectivity index (χ0) is 12.4.